The average molecular weight is 234 g/mol. The summed E-state index contributed by atoms with van der Waals surface area (Å²) in [4.78, 5) is 5.41. The summed E-state index contributed by atoms with van der Waals surface area (Å²) in [5, 5.41) is 8.84. The molecule has 1 aliphatic rings. The van der Waals surface area contributed by atoms with Crippen molar-refractivity contribution in [1.29, 1.82) is 5.26 Å². The van der Waals surface area contributed by atoms with Crippen molar-refractivity contribution in [1.82, 2.24) is 4.90 Å². The maximum atomic E-state index is 8.84. The van der Waals surface area contributed by atoms with E-state index < -0.39 is 0 Å². The molecule has 0 aliphatic carbocycles. The van der Waals surface area contributed by atoms with Crippen LogP contribution in [-0.4, -0.2) is 18.0 Å². The van der Waals surface area contributed by atoms with Gasteiger partial charge in [-0.1, -0.05) is 6.92 Å². The largest absolute Gasteiger partial charge is 0.298 e. The van der Waals surface area contributed by atoms with E-state index in [-0.39, 0.29) is 0 Å². The van der Waals surface area contributed by atoms with Crippen molar-refractivity contribution in [2.75, 3.05) is 13.1 Å². The molecule has 0 unspecified atom stereocenters. The molecule has 1 aromatic rings. The van der Waals surface area contributed by atoms with Crippen molar-refractivity contribution in [3.05, 3.63) is 21.9 Å². The molecule has 1 saturated heterocycles. The van der Waals surface area contributed by atoms with Gasteiger partial charge in [0.05, 0.1) is 6.07 Å². The van der Waals surface area contributed by atoms with Gasteiger partial charge in [0.1, 0.15) is 0 Å². The molecule has 2 nitrogen and oxygen atoms in total. The van der Waals surface area contributed by atoms with E-state index in [1.165, 1.54) is 9.75 Å². The monoisotopic (exact) mass is 234 g/mol. The first-order valence-electron chi connectivity index (χ1n) is 6.01. The SMILES string of the molecule is CCc1ccc(CN2CCC(C#N)CC2)s1. The zero-order valence-electron chi connectivity index (χ0n) is 9.78. The molecule has 0 spiro atoms. The van der Waals surface area contributed by atoms with E-state index in [0.717, 1.165) is 38.9 Å². The van der Waals surface area contributed by atoms with E-state index >= 15 is 0 Å². The number of likely N-dealkylation sites (tertiary alicyclic amines) is 1. The highest BCUT2D eigenvalue weighted by Crippen LogP contribution is 2.22. The van der Waals surface area contributed by atoms with Gasteiger partial charge in [0.2, 0.25) is 0 Å². The molecular weight excluding hydrogens is 216 g/mol. The van der Waals surface area contributed by atoms with Crippen molar-refractivity contribution < 1.29 is 0 Å². The summed E-state index contributed by atoms with van der Waals surface area (Å²) in [5.74, 6) is 0.297. The van der Waals surface area contributed by atoms with Gasteiger partial charge in [-0.25, -0.2) is 0 Å². The minimum Gasteiger partial charge on any atom is -0.298 e. The summed E-state index contributed by atoms with van der Waals surface area (Å²) < 4.78 is 0. The van der Waals surface area contributed by atoms with Crippen molar-refractivity contribution in [2.45, 2.75) is 32.7 Å². The van der Waals surface area contributed by atoms with Gasteiger partial charge in [-0.3, -0.25) is 4.90 Å². The van der Waals surface area contributed by atoms with E-state index in [0.29, 0.717) is 5.92 Å². The lowest BCUT2D eigenvalue weighted by atomic mass is 9.99. The highest BCUT2D eigenvalue weighted by molar-refractivity contribution is 7.11. The number of hydrogen-bond donors (Lipinski definition) is 0. The predicted octanol–water partition coefficient (Wildman–Crippen LogP) is 3.05. The molecule has 2 rings (SSSR count). The zero-order valence-corrected chi connectivity index (χ0v) is 10.6. The molecule has 0 radical (unpaired) electrons. The number of piperidine rings is 1. The third kappa shape index (κ3) is 2.84. The first-order chi connectivity index (χ1) is 7.81. The van der Waals surface area contributed by atoms with Gasteiger partial charge in [0, 0.05) is 22.2 Å². The van der Waals surface area contributed by atoms with Crippen LogP contribution in [0.2, 0.25) is 0 Å². The second-order valence-electron chi connectivity index (χ2n) is 4.40. The zero-order chi connectivity index (χ0) is 11.4. The lowest BCUT2D eigenvalue weighted by Crippen LogP contribution is -2.32. The smallest absolute Gasteiger partial charge is 0.0656 e. The third-order valence-electron chi connectivity index (χ3n) is 3.22. The Bertz CT molecular complexity index is 370. The molecule has 86 valence electrons. The number of nitrogens with zero attached hydrogens (tertiary/aromatic N) is 2. The van der Waals surface area contributed by atoms with Crippen LogP contribution < -0.4 is 0 Å². The van der Waals surface area contributed by atoms with Crippen LogP contribution in [0.15, 0.2) is 12.1 Å². The Morgan fingerprint density at radius 2 is 2.06 bits per heavy atom. The topological polar surface area (TPSA) is 27.0 Å². The van der Waals surface area contributed by atoms with E-state index in [1.807, 2.05) is 11.3 Å². The first kappa shape index (κ1) is 11.6. The molecule has 2 heterocycles. The number of aryl methyl sites for hydroxylation is 1. The van der Waals surface area contributed by atoms with Gasteiger partial charge in [-0.15, -0.1) is 11.3 Å². The van der Waals surface area contributed by atoms with Crippen molar-refractivity contribution >= 4 is 11.3 Å². The molecule has 0 N–H and O–H groups in total. The Hall–Kier alpha value is -0.850. The lowest BCUT2D eigenvalue weighted by molar-refractivity contribution is 0.199. The highest BCUT2D eigenvalue weighted by Gasteiger charge is 2.18. The highest BCUT2D eigenvalue weighted by atomic mass is 32.1. The minimum absolute atomic E-state index is 0.297. The molecule has 1 fully saturated rings. The second-order valence-corrected chi connectivity index (χ2v) is 5.65. The third-order valence-corrected chi connectivity index (χ3v) is 4.43. The van der Waals surface area contributed by atoms with Gasteiger partial charge in [-0.05, 0) is 44.5 Å². The molecule has 0 bridgehead atoms. The Labute approximate surface area is 102 Å². The van der Waals surface area contributed by atoms with Gasteiger partial charge in [0.15, 0.2) is 0 Å². The summed E-state index contributed by atoms with van der Waals surface area (Å²) in [6, 6.07) is 6.87. The predicted molar refractivity (Wildman–Crippen MR) is 67.3 cm³/mol. The molecule has 1 aliphatic heterocycles. The van der Waals surface area contributed by atoms with Crippen LogP contribution >= 0.6 is 11.3 Å². The number of nitriles is 1. The summed E-state index contributed by atoms with van der Waals surface area (Å²) in [6.07, 6.45) is 3.23. The van der Waals surface area contributed by atoms with E-state index in [1.54, 1.807) is 0 Å². The Morgan fingerprint density at radius 3 is 2.62 bits per heavy atom. The summed E-state index contributed by atoms with van der Waals surface area (Å²) in [5.41, 5.74) is 0. The van der Waals surface area contributed by atoms with E-state index in [2.05, 4.69) is 30.0 Å². The van der Waals surface area contributed by atoms with Crippen LogP contribution in [-0.2, 0) is 13.0 Å². The maximum Gasteiger partial charge on any atom is 0.0656 e. The lowest BCUT2D eigenvalue weighted by Gasteiger charge is -2.28. The first-order valence-corrected chi connectivity index (χ1v) is 6.83. The molecule has 0 saturated carbocycles. The van der Waals surface area contributed by atoms with Crippen LogP contribution in [0.25, 0.3) is 0 Å². The molecule has 0 amide bonds. The summed E-state index contributed by atoms with van der Waals surface area (Å²) in [7, 11) is 0. The minimum atomic E-state index is 0.297. The van der Waals surface area contributed by atoms with Crippen LogP contribution in [0.3, 0.4) is 0 Å². The van der Waals surface area contributed by atoms with Gasteiger partial charge in [0.25, 0.3) is 0 Å². The van der Waals surface area contributed by atoms with Gasteiger partial charge >= 0.3 is 0 Å². The van der Waals surface area contributed by atoms with Crippen LogP contribution in [0.5, 0.6) is 0 Å². The molecular formula is C13H18N2S. The maximum absolute atomic E-state index is 8.84. The molecule has 0 atom stereocenters. The molecule has 16 heavy (non-hydrogen) atoms. The van der Waals surface area contributed by atoms with Crippen molar-refractivity contribution in [3.8, 4) is 6.07 Å². The average Bonchev–Trinajstić information content (AvgIpc) is 2.78. The Balaban J connectivity index is 1.85. The van der Waals surface area contributed by atoms with Gasteiger partial charge in [-0.2, -0.15) is 5.26 Å². The summed E-state index contributed by atoms with van der Waals surface area (Å²) >= 11 is 1.93. The van der Waals surface area contributed by atoms with Gasteiger partial charge < -0.3 is 0 Å². The molecule has 3 heteroatoms. The molecule has 1 aromatic heterocycles. The quantitative estimate of drug-likeness (QED) is 0.803. The van der Waals surface area contributed by atoms with Crippen molar-refractivity contribution in [3.63, 3.8) is 0 Å². The number of hydrogen-bond acceptors (Lipinski definition) is 3. The Kier molecular flexibility index (Phi) is 3.98. The fourth-order valence-corrected chi connectivity index (χ4v) is 3.14. The van der Waals surface area contributed by atoms with E-state index in [4.69, 9.17) is 5.26 Å². The fraction of sp³-hybridized carbons (Fsp3) is 0.615. The van der Waals surface area contributed by atoms with Crippen LogP contribution in [0.1, 0.15) is 29.5 Å². The second kappa shape index (κ2) is 5.47. The number of rotatable bonds is 3. The Morgan fingerprint density at radius 1 is 1.38 bits per heavy atom. The number of thiophene rings is 1. The van der Waals surface area contributed by atoms with Crippen LogP contribution in [0, 0.1) is 17.2 Å². The van der Waals surface area contributed by atoms with E-state index in [9.17, 15) is 0 Å². The molecule has 0 aromatic carbocycles. The standard InChI is InChI=1S/C13H18N2S/c1-2-12-3-4-13(16-12)10-15-7-5-11(9-14)6-8-15/h3-4,11H,2,5-8,10H2,1H3. The van der Waals surface area contributed by atoms with Crippen LogP contribution in [0.4, 0.5) is 0 Å². The fourth-order valence-electron chi connectivity index (χ4n) is 2.14. The van der Waals surface area contributed by atoms with Crippen molar-refractivity contribution in [2.24, 2.45) is 5.92 Å². The summed E-state index contributed by atoms with van der Waals surface area (Å²) in [6.45, 7) is 5.44. The normalized spacial score (nSPS) is 18.5.